The van der Waals surface area contributed by atoms with Crippen molar-refractivity contribution in [2.45, 2.75) is 11.3 Å². The van der Waals surface area contributed by atoms with Gasteiger partial charge in [-0.3, -0.25) is 14.5 Å². The molecule has 6 nitrogen and oxygen atoms in total. The number of halogens is 1. The van der Waals surface area contributed by atoms with Crippen LogP contribution in [0, 0.1) is 0 Å². The lowest BCUT2D eigenvalue weighted by atomic mass is 10.2. The maximum absolute atomic E-state index is 13.3. The van der Waals surface area contributed by atoms with E-state index in [2.05, 4.69) is 22.2 Å². The number of carbonyl (C=O) groups excluding carboxylic acids is 2. The van der Waals surface area contributed by atoms with Crippen molar-refractivity contribution >= 4 is 46.9 Å². The molecule has 0 saturated carbocycles. The summed E-state index contributed by atoms with van der Waals surface area (Å²) >= 11 is 7.41. The summed E-state index contributed by atoms with van der Waals surface area (Å²) in [5, 5.41) is 3.64. The normalized spacial score (nSPS) is 18.4. The lowest BCUT2D eigenvalue weighted by Crippen LogP contribution is -2.45. The van der Waals surface area contributed by atoms with Gasteiger partial charge in [-0.1, -0.05) is 47.6 Å². The number of fused-ring (bicyclic) bond motifs is 1. The maximum atomic E-state index is 13.3. The molecule has 174 valence electrons. The minimum atomic E-state index is -0.166. The van der Waals surface area contributed by atoms with Gasteiger partial charge in [-0.25, -0.2) is 0 Å². The van der Waals surface area contributed by atoms with Gasteiger partial charge in [0.2, 0.25) is 5.91 Å². The Morgan fingerprint density at radius 2 is 1.82 bits per heavy atom. The predicted molar refractivity (Wildman–Crippen MR) is 136 cm³/mol. The van der Waals surface area contributed by atoms with Gasteiger partial charge >= 0.3 is 0 Å². The summed E-state index contributed by atoms with van der Waals surface area (Å²) in [6.07, 6.45) is 2.75. The molecule has 0 spiro atoms. The summed E-state index contributed by atoms with van der Waals surface area (Å²) in [5.41, 5.74) is 1.66. The largest absolute Gasteiger partial charge is 0.355 e. The Balaban J connectivity index is 1.37. The number of piperazine rings is 1. The number of nitrogens with one attached hydrogen (secondary N) is 1. The molecular weight excluding hydrogens is 456 g/mol. The number of hydrogen-bond acceptors (Lipinski definition) is 5. The first-order valence-corrected chi connectivity index (χ1v) is 12.4. The number of thioether (sulfide) groups is 1. The first-order chi connectivity index (χ1) is 16.0. The molecule has 0 aromatic heterocycles. The molecule has 2 aromatic carbocycles. The van der Waals surface area contributed by atoms with E-state index in [1.54, 1.807) is 17.0 Å². The number of amides is 2. The second kappa shape index (κ2) is 11.2. The summed E-state index contributed by atoms with van der Waals surface area (Å²) in [5.74, 6) is -0.310. The molecule has 8 heteroatoms. The van der Waals surface area contributed by atoms with Gasteiger partial charge in [-0.2, -0.15) is 0 Å². The number of hydrogen-bond donors (Lipinski definition) is 1. The predicted octanol–water partition coefficient (Wildman–Crippen LogP) is 3.57. The Labute approximate surface area is 204 Å². The maximum Gasteiger partial charge on any atom is 0.265 e. The monoisotopic (exact) mass is 484 g/mol. The number of benzene rings is 2. The molecule has 2 aromatic rings. The molecule has 0 atom stereocenters. The van der Waals surface area contributed by atoms with Gasteiger partial charge < -0.3 is 15.1 Å². The zero-order chi connectivity index (χ0) is 23.2. The van der Waals surface area contributed by atoms with Gasteiger partial charge in [0, 0.05) is 42.6 Å². The summed E-state index contributed by atoms with van der Waals surface area (Å²) in [6.45, 7) is 5.91. The van der Waals surface area contributed by atoms with Gasteiger partial charge in [0.05, 0.1) is 10.6 Å². The quantitative estimate of drug-likeness (QED) is 0.481. The molecule has 2 heterocycles. The van der Waals surface area contributed by atoms with Crippen LogP contribution in [0.1, 0.15) is 12.0 Å². The topological polar surface area (TPSA) is 55.9 Å². The van der Waals surface area contributed by atoms with E-state index >= 15 is 0 Å². The first kappa shape index (κ1) is 23.8. The van der Waals surface area contributed by atoms with Crippen LogP contribution in [0.2, 0.25) is 5.02 Å². The Morgan fingerprint density at radius 3 is 2.58 bits per heavy atom. The fraction of sp³-hybridized carbons (Fsp3) is 0.360. The van der Waals surface area contributed by atoms with E-state index in [0.29, 0.717) is 16.5 Å². The van der Waals surface area contributed by atoms with Crippen LogP contribution in [0.5, 0.6) is 0 Å². The highest BCUT2D eigenvalue weighted by Crippen LogP contribution is 2.41. The number of likely N-dealkylation sites (N-methyl/N-ethyl adjacent to an activating group) is 1. The highest BCUT2D eigenvalue weighted by molar-refractivity contribution is 8.04. The van der Waals surface area contributed by atoms with Crippen LogP contribution in [0.25, 0.3) is 6.08 Å². The van der Waals surface area contributed by atoms with Crippen molar-refractivity contribution < 1.29 is 9.59 Å². The van der Waals surface area contributed by atoms with Gasteiger partial charge in [-0.05, 0) is 55.9 Å². The molecule has 0 bridgehead atoms. The molecular formula is C25H29ClN4O2S. The van der Waals surface area contributed by atoms with E-state index in [-0.39, 0.29) is 18.4 Å². The fourth-order valence-electron chi connectivity index (χ4n) is 3.93. The molecule has 1 saturated heterocycles. The van der Waals surface area contributed by atoms with Crippen LogP contribution in [-0.2, 0) is 9.59 Å². The lowest BCUT2D eigenvalue weighted by molar-refractivity contribution is -0.122. The number of anilines is 1. The van der Waals surface area contributed by atoms with Gasteiger partial charge in [-0.15, -0.1) is 0 Å². The van der Waals surface area contributed by atoms with Crippen molar-refractivity contribution in [3.63, 3.8) is 0 Å². The van der Waals surface area contributed by atoms with Crippen molar-refractivity contribution in [1.29, 1.82) is 0 Å². The molecule has 2 amide bonds. The van der Waals surface area contributed by atoms with Gasteiger partial charge in [0.25, 0.3) is 5.91 Å². The summed E-state index contributed by atoms with van der Waals surface area (Å²) in [7, 11) is 2.15. The van der Waals surface area contributed by atoms with E-state index in [4.69, 9.17) is 11.6 Å². The lowest BCUT2D eigenvalue weighted by Gasteiger charge is -2.32. The smallest absolute Gasteiger partial charge is 0.265 e. The summed E-state index contributed by atoms with van der Waals surface area (Å²) in [4.78, 5) is 33.9. The fourth-order valence-corrected chi connectivity index (χ4v) is 5.12. The molecule has 2 aliphatic heterocycles. The first-order valence-electron chi connectivity index (χ1n) is 11.2. The third-order valence-corrected chi connectivity index (χ3v) is 7.20. The SMILES string of the molecule is CN1CCN(CCCNC(=O)CN2C(=O)C(=Cc3ccc(Cl)cc3)Sc3ccccc32)CC1. The molecule has 0 unspecified atom stereocenters. The average molecular weight is 485 g/mol. The van der Waals surface area contributed by atoms with Crippen LogP contribution in [0.3, 0.4) is 0 Å². The third kappa shape index (κ3) is 6.38. The molecule has 1 N–H and O–H groups in total. The van der Waals surface area contributed by atoms with Crippen molar-refractivity contribution in [1.82, 2.24) is 15.1 Å². The molecule has 1 fully saturated rings. The standard InChI is InChI=1S/C25H29ClN4O2S/c1-28-13-15-29(16-14-28)12-4-11-27-24(31)18-30-21-5-2-3-6-22(21)33-23(25(30)32)17-19-7-9-20(26)10-8-19/h2-3,5-10,17H,4,11-16,18H2,1H3,(H,27,31). The van der Waals surface area contributed by atoms with Crippen molar-refractivity contribution in [2.75, 3.05) is 57.8 Å². The van der Waals surface area contributed by atoms with Crippen molar-refractivity contribution in [3.8, 4) is 0 Å². The van der Waals surface area contributed by atoms with Crippen LogP contribution >= 0.6 is 23.4 Å². The zero-order valence-electron chi connectivity index (χ0n) is 18.8. The average Bonchev–Trinajstić information content (AvgIpc) is 2.82. The minimum absolute atomic E-state index is 0.00285. The van der Waals surface area contributed by atoms with Crippen molar-refractivity contribution in [3.05, 3.63) is 64.0 Å². The van der Waals surface area contributed by atoms with Gasteiger partial charge in [0.15, 0.2) is 0 Å². The van der Waals surface area contributed by atoms with E-state index < -0.39 is 0 Å². The van der Waals surface area contributed by atoms with Crippen LogP contribution in [0.15, 0.2) is 58.3 Å². The second-order valence-corrected chi connectivity index (χ2v) is 9.89. The Hall–Kier alpha value is -2.32. The summed E-state index contributed by atoms with van der Waals surface area (Å²) < 4.78 is 0. The van der Waals surface area contributed by atoms with E-state index in [9.17, 15) is 9.59 Å². The molecule has 2 aliphatic rings. The molecule has 0 radical (unpaired) electrons. The highest BCUT2D eigenvalue weighted by atomic mass is 35.5. The molecule has 4 rings (SSSR count). The van der Waals surface area contributed by atoms with Gasteiger partial charge in [0.1, 0.15) is 6.54 Å². The van der Waals surface area contributed by atoms with Crippen molar-refractivity contribution in [2.24, 2.45) is 0 Å². The van der Waals surface area contributed by atoms with E-state index in [1.165, 1.54) is 11.8 Å². The van der Waals surface area contributed by atoms with Crippen LogP contribution in [0.4, 0.5) is 5.69 Å². The Morgan fingerprint density at radius 1 is 1.09 bits per heavy atom. The third-order valence-electron chi connectivity index (χ3n) is 5.87. The van der Waals surface area contributed by atoms with E-state index in [0.717, 1.165) is 55.3 Å². The van der Waals surface area contributed by atoms with E-state index in [1.807, 2.05) is 42.5 Å². The zero-order valence-corrected chi connectivity index (χ0v) is 20.4. The highest BCUT2D eigenvalue weighted by Gasteiger charge is 2.30. The van der Waals surface area contributed by atoms with Crippen LogP contribution in [-0.4, -0.2) is 74.5 Å². The number of nitrogens with zero attached hydrogens (tertiary/aromatic N) is 3. The number of para-hydroxylation sites is 1. The summed E-state index contributed by atoms with van der Waals surface area (Å²) in [6, 6.07) is 15.0. The van der Waals surface area contributed by atoms with Crippen LogP contribution < -0.4 is 10.2 Å². The Kier molecular flexibility index (Phi) is 8.09. The number of rotatable bonds is 7. The molecule has 0 aliphatic carbocycles. The Bertz CT molecular complexity index is 1020. The minimum Gasteiger partial charge on any atom is -0.355 e. The molecule has 33 heavy (non-hydrogen) atoms. The number of carbonyl (C=O) groups is 2. The second-order valence-electron chi connectivity index (χ2n) is 8.37.